The molecule has 130 valence electrons. The zero-order valence-electron chi connectivity index (χ0n) is 15.0. The van der Waals surface area contributed by atoms with Crippen molar-refractivity contribution in [1.29, 1.82) is 0 Å². The van der Waals surface area contributed by atoms with Crippen LogP contribution in [0.2, 0.25) is 0 Å². The minimum Gasteiger partial charge on any atom is -0.508 e. The summed E-state index contributed by atoms with van der Waals surface area (Å²) >= 11 is 0. The van der Waals surface area contributed by atoms with Gasteiger partial charge in [0.05, 0.1) is 0 Å². The lowest BCUT2D eigenvalue weighted by atomic mass is 9.76. The predicted molar refractivity (Wildman–Crippen MR) is 103 cm³/mol. The van der Waals surface area contributed by atoms with Gasteiger partial charge in [0.15, 0.2) is 0 Å². The number of hydrogen-bond donors (Lipinski definition) is 1. The maximum atomic E-state index is 10.7. The SMILES string of the molecule is CC1CC(=C(c2ccc(O)cc2)c2ccc(CC=O)cc2)CC(C)C1. The third-order valence-corrected chi connectivity index (χ3v) is 5.07. The van der Waals surface area contributed by atoms with Gasteiger partial charge in [-0.15, -0.1) is 0 Å². The molecule has 1 fully saturated rings. The van der Waals surface area contributed by atoms with Crippen LogP contribution in [0.4, 0.5) is 0 Å². The van der Waals surface area contributed by atoms with Gasteiger partial charge in [0.1, 0.15) is 12.0 Å². The van der Waals surface area contributed by atoms with E-state index in [4.69, 9.17) is 0 Å². The van der Waals surface area contributed by atoms with Crippen LogP contribution in [0.1, 0.15) is 49.8 Å². The molecule has 2 aromatic rings. The summed E-state index contributed by atoms with van der Waals surface area (Å²) in [5.41, 5.74) is 6.17. The van der Waals surface area contributed by atoms with Crippen molar-refractivity contribution in [3.8, 4) is 5.75 Å². The largest absolute Gasteiger partial charge is 0.508 e. The van der Waals surface area contributed by atoms with Crippen LogP contribution in [0.3, 0.4) is 0 Å². The Morgan fingerprint density at radius 2 is 1.48 bits per heavy atom. The maximum Gasteiger partial charge on any atom is 0.124 e. The highest BCUT2D eigenvalue weighted by atomic mass is 16.3. The van der Waals surface area contributed by atoms with Gasteiger partial charge in [0, 0.05) is 6.42 Å². The second-order valence-corrected chi connectivity index (χ2v) is 7.45. The van der Waals surface area contributed by atoms with Crippen molar-refractivity contribution in [3.63, 3.8) is 0 Å². The molecule has 2 nitrogen and oxygen atoms in total. The molecular formula is C23H26O2. The maximum absolute atomic E-state index is 10.7. The van der Waals surface area contributed by atoms with Crippen LogP contribution in [-0.4, -0.2) is 11.4 Å². The summed E-state index contributed by atoms with van der Waals surface area (Å²) in [6.07, 6.45) is 4.93. The van der Waals surface area contributed by atoms with Crippen molar-refractivity contribution in [1.82, 2.24) is 0 Å². The summed E-state index contributed by atoms with van der Waals surface area (Å²) in [6, 6.07) is 15.8. The van der Waals surface area contributed by atoms with Gasteiger partial charge >= 0.3 is 0 Å². The van der Waals surface area contributed by atoms with E-state index in [9.17, 15) is 9.90 Å². The molecule has 0 radical (unpaired) electrons. The number of benzene rings is 2. The van der Waals surface area contributed by atoms with Gasteiger partial charge < -0.3 is 9.90 Å². The highest BCUT2D eigenvalue weighted by Gasteiger charge is 2.23. The zero-order chi connectivity index (χ0) is 17.8. The van der Waals surface area contributed by atoms with Crippen LogP contribution in [0.5, 0.6) is 5.75 Å². The van der Waals surface area contributed by atoms with Crippen LogP contribution < -0.4 is 0 Å². The van der Waals surface area contributed by atoms with Crippen molar-refractivity contribution >= 4 is 11.9 Å². The Labute approximate surface area is 150 Å². The van der Waals surface area contributed by atoms with Gasteiger partial charge in [-0.1, -0.05) is 55.8 Å². The van der Waals surface area contributed by atoms with Crippen LogP contribution in [-0.2, 0) is 11.2 Å². The fourth-order valence-electron chi connectivity index (χ4n) is 4.09. The van der Waals surface area contributed by atoms with E-state index in [1.54, 1.807) is 12.1 Å². The Morgan fingerprint density at radius 1 is 0.960 bits per heavy atom. The molecule has 1 saturated carbocycles. The summed E-state index contributed by atoms with van der Waals surface area (Å²) in [5, 5.41) is 9.65. The van der Waals surface area contributed by atoms with Crippen molar-refractivity contribution in [3.05, 3.63) is 70.8 Å². The third kappa shape index (κ3) is 4.19. The molecule has 25 heavy (non-hydrogen) atoms. The summed E-state index contributed by atoms with van der Waals surface area (Å²) in [4.78, 5) is 10.7. The second kappa shape index (κ2) is 7.69. The molecule has 3 rings (SSSR count). The Balaban J connectivity index is 2.08. The molecule has 0 spiro atoms. The Morgan fingerprint density at radius 3 is 2.00 bits per heavy atom. The smallest absolute Gasteiger partial charge is 0.124 e. The first-order valence-electron chi connectivity index (χ1n) is 9.11. The molecule has 1 aliphatic carbocycles. The van der Waals surface area contributed by atoms with Crippen LogP contribution in [0.25, 0.3) is 5.57 Å². The molecule has 1 N–H and O–H groups in total. The fourth-order valence-corrected chi connectivity index (χ4v) is 4.09. The molecule has 2 aromatic carbocycles. The fraction of sp³-hybridized carbons (Fsp3) is 0.348. The van der Waals surface area contributed by atoms with Crippen molar-refractivity contribution in [2.24, 2.45) is 11.8 Å². The van der Waals surface area contributed by atoms with E-state index in [0.29, 0.717) is 24.0 Å². The number of allylic oxidation sites excluding steroid dienone is 1. The molecule has 2 unspecified atom stereocenters. The zero-order valence-corrected chi connectivity index (χ0v) is 15.0. The van der Waals surface area contributed by atoms with E-state index in [-0.39, 0.29) is 0 Å². The van der Waals surface area contributed by atoms with Crippen molar-refractivity contribution in [2.75, 3.05) is 0 Å². The molecule has 2 atom stereocenters. The van der Waals surface area contributed by atoms with E-state index in [0.717, 1.165) is 30.3 Å². The van der Waals surface area contributed by atoms with Crippen molar-refractivity contribution in [2.45, 2.75) is 39.5 Å². The number of aldehydes is 1. The molecule has 1 aliphatic rings. The standard InChI is InChI=1S/C23H26O2/c1-16-13-17(2)15-21(14-16)23(20-7-9-22(25)10-8-20)19-5-3-18(4-6-19)11-12-24/h3-10,12,16-17,25H,11,13-15H2,1-2H3. The number of carbonyl (C=O) groups excluding carboxylic acids is 1. The highest BCUT2D eigenvalue weighted by molar-refractivity contribution is 5.82. The van der Waals surface area contributed by atoms with Gasteiger partial charge in [-0.05, 0) is 65.5 Å². The Bertz CT molecular complexity index is 742. The minimum absolute atomic E-state index is 0.291. The van der Waals surface area contributed by atoms with Gasteiger partial charge in [0.25, 0.3) is 0 Å². The minimum atomic E-state index is 0.291. The number of hydrogen-bond acceptors (Lipinski definition) is 2. The van der Waals surface area contributed by atoms with E-state index < -0.39 is 0 Å². The topological polar surface area (TPSA) is 37.3 Å². The first-order chi connectivity index (χ1) is 12.1. The third-order valence-electron chi connectivity index (χ3n) is 5.07. The summed E-state index contributed by atoms with van der Waals surface area (Å²) < 4.78 is 0. The van der Waals surface area contributed by atoms with Crippen LogP contribution in [0.15, 0.2) is 54.1 Å². The van der Waals surface area contributed by atoms with E-state index in [2.05, 4.69) is 26.0 Å². The molecule has 0 aromatic heterocycles. The van der Waals surface area contributed by atoms with Crippen molar-refractivity contribution < 1.29 is 9.90 Å². The average Bonchev–Trinajstić information content (AvgIpc) is 2.58. The molecule has 0 amide bonds. The van der Waals surface area contributed by atoms with E-state index in [1.807, 2.05) is 24.3 Å². The first kappa shape index (κ1) is 17.5. The van der Waals surface area contributed by atoms with E-state index >= 15 is 0 Å². The Hall–Kier alpha value is -2.35. The van der Waals surface area contributed by atoms with Crippen LogP contribution >= 0.6 is 0 Å². The molecule has 0 heterocycles. The average molecular weight is 334 g/mol. The quantitative estimate of drug-likeness (QED) is 0.761. The Kier molecular flexibility index (Phi) is 5.37. The normalized spacial score (nSPS) is 20.3. The predicted octanol–water partition coefficient (Wildman–Crippen LogP) is 5.39. The van der Waals surface area contributed by atoms with E-state index in [1.165, 1.54) is 23.1 Å². The van der Waals surface area contributed by atoms with Gasteiger partial charge in [-0.3, -0.25) is 0 Å². The summed E-state index contributed by atoms with van der Waals surface area (Å²) in [5.74, 6) is 1.68. The molecule has 0 bridgehead atoms. The number of carbonyl (C=O) groups is 1. The van der Waals surface area contributed by atoms with Gasteiger partial charge in [-0.25, -0.2) is 0 Å². The molecule has 0 saturated heterocycles. The van der Waals surface area contributed by atoms with Gasteiger partial charge in [0.2, 0.25) is 0 Å². The molecular weight excluding hydrogens is 308 g/mol. The lowest BCUT2D eigenvalue weighted by Crippen LogP contribution is -2.14. The molecule has 0 aliphatic heterocycles. The lowest BCUT2D eigenvalue weighted by Gasteiger charge is -2.29. The van der Waals surface area contributed by atoms with Crippen LogP contribution in [0, 0.1) is 11.8 Å². The molecule has 2 heteroatoms. The summed E-state index contributed by atoms with van der Waals surface area (Å²) in [6.45, 7) is 4.66. The number of phenols is 1. The number of rotatable bonds is 4. The van der Waals surface area contributed by atoms with Gasteiger partial charge in [-0.2, -0.15) is 0 Å². The second-order valence-electron chi connectivity index (χ2n) is 7.45. The summed E-state index contributed by atoms with van der Waals surface area (Å²) in [7, 11) is 0. The number of phenolic OH excluding ortho intramolecular Hbond substituents is 1. The first-order valence-corrected chi connectivity index (χ1v) is 9.11. The lowest BCUT2D eigenvalue weighted by molar-refractivity contribution is -0.107. The highest BCUT2D eigenvalue weighted by Crippen LogP contribution is 2.39. The number of aromatic hydroxyl groups is 1. The monoisotopic (exact) mass is 334 g/mol.